The number of amides is 1. The first-order chi connectivity index (χ1) is 12.3. The van der Waals surface area contributed by atoms with Gasteiger partial charge in [-0.25, -0.2) is 0 Å². The predicted molar refractivity (Wildman–Crippen MR) is 96.3 cm³/mol. The van der Waals surface area contributed by atoms with E-state index in [1.807, 2.05) is 60.7 Å². The molecule has 0 spiro atoms. The molecule has 0 aliphatic carbocycles. The van der Waals surface area contributed by atoms with Crippen LogP contribution in [-0.4, -0.2) is 21.9 Å². The van der Waals surface area contributed by atoms with Crippen molar-refractivity contribution in [2.45, 2.75) is 12.4 Å². The first-order valence-corrected chi connectivity index (χ1v) is 8.87. The van der Waals surface area contributed by atoms with Crippen LogP contribution in [0.3, 0.4) is 0 Å². The summed E-state index contributed by atoms with van der Waals surface area (Å²) in [6, 6.07) is 19.4. The van der Waals surface area contributed by atoms with Crippen LogP contribution in [0.4, 0.5) is 6.01 Å². The second kappa shape index (κ2) is 8.89. The minimum atomic E-state index is -0.180. The highest BCUT2D eigenvalue weighted by Gasteiger charge is 2.10. The van der Waals surface area contributed by atoms with E-state index in [2.05, 4.69) is 15.5 Å². The van der Waals surface area contributed by atoms with Crippen molar-refractivity contribution in [1.82, 2.24) is 10.2 Å². The van der Waals surface area contributed by atoms with Gasteiger partial charge < -0.3 is 9.15 Å². The van der Waals surface area contributed by atoms with Crippen LogP contribution in [0.5, 0.6) is 5.75 Å². The van der Waals surface area contributed by atoms with Crippen LogP contribution in [0.1, 0.15) is 11.5 Å². The summed E-state index contributed by atoms with van der Waals surface area (Å²) in [5.74, 6) is 1.92. The van der Waals surface area contributed by atoms with Gasteiger partial charge in [-0.3, -0.25) is 10.1 Å². The Kier molecular flexibility index (Phi) is 6.06. The van der Waals surface area contributed by atoms with Gasteiger partial charge in [0.05, 0.1) is 5.75 Å². The largest absolute Gasteiger partial charge is 0.484 e. The summed E-state index contributed by atoms with van der Waals surface area (Å²) in [5, 5.41) is 10.2. The zero-order valence-electron chi connectivity index (χ0n) is 13.4. The summed E-state index contributed by atoms with van der Waals surface area (Å²) in [7, 11) is 0. The molecule has 0 saturated heterocycles. The van der Waals surface area contributed by atoms with Gasteiger partial charge in [0.25, 0.3) is 5.89 Å². The lowest BCUT2D eigenvalue weighted by molar-refractivity contribution is -0.113. The topological polar surface area (TPSA) is 77.2 Å². The Morgan fingerprint density at radius 3 is 2.52 bits per heavy atom. The molecule has 0 aliphatic heterocycles. The average Bonchev–Trinajstić information content (AvgIpc) is 3.09. The maximum Gasteiger partial charge on any atom is 0.322 e. The Labute approximate surface area is 149 Å². The fourth-order valence-electron chi connectivity index (χ4n) is 2.02. The molecule has 128 valence electrons. The Balaban J connectivity index is 1.40. The zero-order valence-corrected chi connectivity index (χ0v) is 14.2. The summed E-state index contributed by atoms with van der Waals surface area (Å²) < 4.78 is 10.9. The van der Waals surface area contributed by atoms with Crippen molar-refractivity contribution in [2.75, 3.05) is 11.1 Å². The number of ether oxygens (including phenoxy) is 1. The maximum absolute atomic E-state index is 11.9. The number of para-hydroxylation sites is 1. The van der Waals surface area contributed by atoms with Crippen LogP contribution >= 0.6 is 11.8 Å². The van der Waals surface area contributed by atoms with Crippen LogP contribution in [0.2, 0.25) is 0 Å². The number of benzene rings is 2. The molecule has 25 heavy (non-hydrogen) atoms. The van der Waals surface area contributed by atoms with Gasteiger partial charge in [0.15, 0.2) is 6.61 Å². The smallest absolute Gasteiger partial charge is 0.322 e. The summed E-state index contributed by atoms with van der Waals surface area (Å²) in [6.45, 7) is 0.148. The van der Waals surface area contributed by atoms with Crippen LogP contribution in [-0.2, 0) is 17.2 Å². The average molecular weight is 355 g/mol. The van der Waals surface area contributed by atoms with E-state index in [-0.39, 0.29) is 18.5 Å². The van der Waals surface area contributed by atoms with E-state index in [4.69, 9.17) is 9.15 Å². The fraction of sp³-hybridized carbons (Fsp3) is 0.167. The predicted octanol–water partition coefficient (Wildman–Crippen LogP) is 3.52. The molecule has 3 rings (SSSR count). The van der Waals surface area contributed by atoms with Crippen LogP contribution in [0, 0.1) is 0 Å². The molecule has 0 unspecified atom stereocenters. The molecule has 1 amide bonds. The van der Waals surface area contributed by atoms with Crippen LogP contribution < -0.4 is 10.1 Å². The minimum absolute atomic E-state index is 0.0805. The molecule has 0 bridgehead atoms. The van der Waals surface area contributed by atoms with E-state index in [9.17, 15) is 4.79 Å². The molecule has 0 radical (unpaired) electrons. The Morgan fingerprint density at radius 1 is 1.04 bits per heavy atom. The second-order valence-corrected chi connectivity index (χ2v) is 6.11. The van der Waals surface area contributed by atoms with E-state index >= 15 is 0 Å². The first kappa shape index (κ1) is 17.0. The third-order valence-corrected chi connectivity index (χ3v) is 4.17. The number of aromatic nitrogens is 2. The Morgan fingerprint density at radius 2 is 1.76 bits per heavy atom. The fourth-order valence-corrected chi connectivity index (χ4v) is 2.80. The molecule has 2 aromatic carbocycles. The molecule has 1 N–H and O–H groups in total. The van der Waals surface area contributed by atoms with Gasteiger partial charge in [0, 0.05) is 5.75 Å². The molecule has 1 aromatic heterocycles. The van der Waals surface area contributed by atoms with Crippen molar-refractivity contribution < 1.29 is 13.9 Å². The molecule has 0 aliphatic rings. The summed E-state index contributed by atoms with van der Waals surface area (Å²) >= 11 is 1.52. The van der Waals surface area contributed by atoms with E-state index in [1.165, 1.54) is 17.3 Å². The highest BCUT2D eigenvalue weighted by molar-refractivity contribution is 7.99. The molecular weight excluding hydrogens is 338 g/mol. The van der Waals surface area contributed by atoms with Gasteiger partial charge in [-0.15, -0.1) is 16.9 Å². The van der Waals surface area contributed by atoms with E-state index in [0.717, 1.165) is 5.75 Å². The lowest BCUT2D eigenvalue weighted by Gasteiger charge is -2.02. The monoisotopic (exact) mass is 355 g/mol. The van der Waals surface area contributed by atoms with Crippen molar-refractivity contribution in [3.63, 3.8) is 0 Å². The van der Waals surface area contributed by atoms with Gasteiger partial charge in [0.2, 0.25) is 5.91 Å². The SMILES string of the molecule is O=C(CSCc1ccccc1)Nc1nnc(COc2ccccc2)o1. The van der Waals surface area contributed by atoms with Gasteiger partial charge >= 0.3 is 6.01 Å². The third kappa shape index (κ3) is 5.65. The first-order valence-electron chi connectivity index (χ1n) is 7.71. The number of hydrogen-bond acceptors (Lipinski definition) is 6. The number of nitrogens with one attached hydrogen (secondary N) is 1. The number of hydrogen-bond donors (Lipinski definition) is 1. The Bertz CT molecular complexity index is 794. The molecule has 0 atom stereocenters. The number of anilines is 1. The molecule has 7 heteroatoms. The highest BCUT2D eigenvalue weighted by Crippen LogP contribution is 2.14. The van der Waals surface area contributed by atoms with E-state index in [1.54, 1.807) is 0 Å². The standard InChI is InChI=1S/C18H17N3O3S/c22-16(13-25-12-14-7-3-1-4-8-14)19-18-21-20-17(24-18)11-23-15-9-5-2-6-10-15/h1-10H,11-13H2,(H,19,21,22). The number of nitrogens with zero attached hydrogens (tertiary/aromatic N) is 2. The lowest BCUT2D eigenvalue weighted by atomic mass is 10.2. The number of carbonyl (C=O) groups is 1. The third-order valence-electron chi connectivity index (χ3n) is 3.16. The van der Waals surface area contributed by atoms with E-state index < -0.39 is 0 Å². The molecule has 0 saturated carbocycles. The van der Waals surface area contributed by atoms with Crippen LogP contribution in [0.15, 0.2) is 65.1 Å². The van der Waals surface area contributed by atoms with Gasteiger partial charge in [0.1, 0.15) is 5.75 Å². The maximum atomic E-state index is 11.9. The number of carbonyl (C=O) groups excluding carboxylic acids is 1. The normalized spacial score (nSPS) is 10.4. The minimum Gasteiger partial charge on any atom is -0.484 e. The van der Waals surface area contributed by atoms with Crippen LogP contribution in [0.25, 0.3) is 0 Å². The van der Waals surface area contributed by atoms with Gasteiger partial charge in [-0.05, 0) is 17.7 Å². The van der Waals surface area contributed by atoms with Gasteiger partial charge in [-0.2, -0.15) is 0 Å². The van der Waals surface area contributed by atoms with Crippen molar-refractivity contribution in [2.24, 2.45) is 0 Å². The van der Waals surface area contributed by atoms with Gasteiger partial charge in [-0.1, -0.05) is 53.6 Å². The molecule has 0 fully saturated rings. The quantitative estimate of drug-likeness (QED) is 0.666. The van der Waals surface area contributed by atoms with Crippen molar-refractivity contribution in [1.29, 1.82) is 0 Å². The summed E-state index contributed by atoms with van der Waals surface area (Å²) in [4.78, 5) is 11.9. The number of rotatable bonds is 8. The highest BCUT2D eigenvalue weighted by atomic mass is 32.2. The lowest BCUT2D eigenvalue weighted by Crippen LogP contribution is -2.14. The van der Waals surface area contributed by atoms with E-state index in [0.29, 0.717) is 17.4 Å². The Hall–Kier alpha value is -2.80. The van der Waals surface area contributed by atoms with Crippen molar-refractivity contribution >= 4 is 23.7 Å². The second-order valence-electron chi connectivity index (χ2n) is 5.13. The molecule has 1 heterocycles. The molecule has 3 aromatic rings. The summed E-state index contributed by atoms with van der Waals surface area (Å²) in [5.41, 5.74) is 1.18. The van der Waals surface area contributed by atoms with Crippen molar-refractivity contribution in [3.8, 4) is 5.75 Å². The van der Waals surface area contributed by atoms with Crippen molar-refractivity contribution in [3.05, 3.63) is 72.1 Å². The molecule has 6 nitrogen and oxygen atoms in total. The zero-order chi connectivity index (χ0) is 17.3. The molecular formula is C18H17N3O3S. The number of thioether (sulfide) groups is 1. The summed E-state index contributed by atoms with van der Waals surface area (Å²) in [6.07, 6.45) is 0.